The van der Waals surface area contributed by atoms with E-state index in [2.05, 4.69) is 61.2 Å². The van der Waals surface area contributed by atoms with E-state index in [-0.39, 0.29) is 0 Å². The first kappa shape index (κ1) is 20.2. The first-order chi connectivity index (χ1) is 14.2. The SMILES string of the molecule is CCCCC(CC)CN1c2ccccc2Sc2cc(-c3ccc(C=O)s3)ccc21. The van der Waals surface area contributed by atoms with E-state index in [1.807, 2.05) is 23.9 Å². The lowest BCUT2D eigenvalue weighted by atomic mass is 9.98. The number of unbranched alkanes of at least 4 members (excludes halogenated alkanes) is 1. The number of carbonyl (C=O) groups excluding carboxylic acids is 1. The van der Waals surface area contributed by atoms with Crippen molar-refractivity contribution in [1.29, 1.82) is 0 Å². The van der Waals surface area contributed by atoms with Gasteiger partial charge in [0.15, 0.2) is 6.29 Å². The van der Waals surface area contributed by atoms with Crippen LogP contribution in [0.15, 0.2) is 64.4 Å². The zero-order valence-corrected chi connectivity index (χ0v) is 18.7. The minimum Gasteiger partial charge on any atom is -0.339 e. The fourth-order valence-electron chi connectivity index (χ4n) is 3.93. The largest absolute Gasteiger partial charge is 0.339 e. The highest BCUT2D eigenvalue weighted by atomic mass is 32.2. The summed E-state index contributed by atoms with van der Waals surface area (Å²) >= 11 is 3.41. The summed E-state index contributed by atoms with van der Waals surface area (Å²) in [5.74, 6) is 0.700. The van der Waals surface area contributed by atoms with Crippen molar-refractivity contribution in [1.82, 2.24) is 0 Å². The molecular formula is C25H27NOS2. The van der Waals surface area contributed by atoms with Crippen molar-refractivity contribution in [3.8, 4) is 10.4 Å². The van der Waals surface area contributed by atoms with Gasteiger partial charge in [0.2, 0.25) is 0 Å². The Morgan fingerprint density at radius 2 is 1.83 bits per heavy atom. The van der Waals surface area contributed by atoms with Crippen molar-refractivity contribution in [2.24, 2.45) is 5.92 Å². The molecule has 1 unspecified atom stereocenters. The molecule has 2 heterocycles. The number of benzene rings is 2. The topological polar surface area (TPSA) is 20.3 Å². The summed E-state index contributed by atoms with van der Waals surface area (Å²) in [6, 6.07) is 19.5. The molecule has 29 heavy (non-hydrogen) atoms. The Balaban J connectivity index is 1.70. The molecule has 0 bridgehead atoms. The number of fused-ring (bicyclic) bond motifs is 2. The number of carbonyl (C=O) groups is 1. The normalized spacial score (nSPS) is 13.7. The van der Waals surface area contributed by atoms with Crippen LogP contribution in [-0.2, 0) is 0 Å². The molecule has 1 atom stereocenters. The second-order valence-electron chi connectivity index (χ2n) is 7.60. The molecule has 0 radical (unpaired) electrons. The Bertz CT molecular complexity index is 994. The predicted octanol–water partition coefficient (Wildman–Crippen LogP) is 8.05. The number of aldehydes is 1. The average Bonchev–Trinajstić information content (AvgIpc) is 3.25. The van der Waals surface area contributed by atoms with Gasteiger partial charge < -0.3 is 4.90 Å². The molecule has 1 aliphatic heterocycles. The second-order valence-corrected chi connectivity index (χ2v) is 9.80. The Morgan fingerprint density at radius 1 is 1.00 bits per heavy atom. The van der Waals surface area contributed by atoms with Gasteiger partial charge in [-0.05, 0) is 54.3 Å². The summed E-state index contributed by atoms with van der Waals surface area (Å²) in [7, 11) is 0. The molecule has 1 aromatic heterocycles. The maximum Gasteiger partial charge on any atom is 0.160 e. The van der Waals surface area contributed by atoms with Crippen LogP contribution in [0.1, 0.15) is 49.2 Å². The van der Waals surface area contributed by atoms with E-state index in [9.17, 15) is 4.79 Å². The van der Waals surface area contributed by atoms with Crippen LogP contribution in [0.25, 0.3) is 10.4 Å². The van der Waals surface area contributed by atoms with Gasteiger partial charge in [-0.3, -0.25) is 4.79 Å². The van der Waals surface area contributed by atoms with E-state index >= 15 is 0 Å². The van der Waals surface area contributed by atoms with E-state index in [1.165, 1.54) is 52.4 Å². The van der Waals surface area contributed by atoms with Gasteiger partial charge >= 0.3 is 0 Å². The van der Waals surface area contributed by atoms with Gasteiger partial charge in [-0.2, -0.15) is 0 Å². The Hall–Kier alpha value is -2.04. The highest BCUT2D eigenvalue weighted by Crippen LogP contribution is 2.49. The van der Waals surface area contributed by atoms with E-state index in [4.69, 9.17) is 0 Å². The van der Waals surface area contributed by atoms with E-state index in [0.717, 1.165) is 22.6 Å². The van der Waals surface area contributed by atoms with Crippen molar-refractivity contribution < 1.29 is 4.79 Å². The summed E-state index contributed by atoms with van der Waals surface area (Å²) < 4.78 is 0. The molecule has 0 saturated heterocycles. The van der Waals surface area contributed by atoms with E-state index in [0.29, 0.717) is 5.92 Å². The zero-order chi connectivity index (χ0) is 20.2. The molecule has 0 saturated carbocycles. The Kier molecular flexibility index (Phi) is 6.41. The Morgan fingerprint density at radius 3 is 2.59 bits per heavy atom. The third kappa shape index (κ3) is 4.29. The highest BCUT2D eigenvalue weighted by Gasteiger charge is 2.25. The summed E-state index contributed by atoms with van der Waals surface area (Å²) in [5.41, 5.74) is 3.82. The third-order valence-electron chi connectivity index (χ3n) is 5.64. The molecule has 2 nitrogen and oxygen atoms in total. The van der Waals surface area contributed by atoms with Crippen LogP contribution < -0.4 is 4.90 Å². The summed E-state index contributed by atoms with van der Waals surface area (Å²) in [4.78, 5) is 18.1. The average molecular weight is 422 g/mol. The molecule has 4 heteroatoms. The van der Waals surface area contributed by atoms with Gasteiger partial charge in [-0.15, -0.1) is 11.3 Å². The number of hydrogen-bond donors (Lipinski definition) is 0. The van der Waals surface area contributed by atoms with Gasteiger partial charge in [0.25, 0.3) is 0 Å². The van der Waals surface area contributed by atoms with Gasteiger partial charge in [0.1, 0.15) is 0 Å². The standard InChI is InChI=1S/C25H27NOS2/c1-3-5-8-18(4-2)16-26-21-9-6-7-10-24(21)29-25-15-19(11-13-22(25)26)23-14-12-20(17-27)28-23/h6-7,9-15,17-18H,3-5,8,16H2,1-2H3. The maximum absolute atomic E-state index is 11.1. The molecule has 0 N–H and O–H groups in total. The zero-order valence-electron chi connectivity index (χ0n) is 17.1. The lowest BCUT2D eigenvalue weighted by Gasteiger charge is -2.35. The lowest BCUT2D eigenvalue weighted by molar-refractivity contribution is 0.112. The number of para-hydroxylation sites is 1. The van der Waals surface area contributed by atoms with Crippen LogP contribution in [0.2, 0.25) is 0 Å². The maximum atomic E-state index is 11.1. The smallest absolute Gasteiger partial charge is 0.160 e. The number of hydrogen-bond acceptors (Lipinski definition) is 4. The minimum absolute atomic E-state index is 0.700. The molecule has 0 spiro atoms. The van der Waals surface area contributed by atoms with Crippen LogP contribution in [0.5, 0.6) is 0 Å². The van der Waals surface area contributed by atoms with E-state index < -0.39 is 0 Å². The molecule has 0 fully saturated rings. The molecule has 3 aromatic rings. The number of rotatable bonds is 8. The van der Waals surface area contributed by atoms with Gasteiger partial charge in [-0.25, -0.2) is 0 Å². The van der Waals surface area contributed by atoms with Crippen LogP contribution >= 0.6 is 23.1 Å². The fraction of sp³-hybridized carbons (Fsp3) is 0.320. The van der Waals surface area contributed by atoms with Crippen LogP contribution in [-0.4, -0.2) is 12.8 Å². The summed E-state index contributed by atoms with van der Waals surface area (Å²) in [6.45, 7) is 5.65. The van der Waals surface area contributed by atoms with Crippen LogP contribution in [0.4, 0.5) is 11.4 Å². The van der Waals surface area contributed by atoms with Gasteiger partial charge in [0.05, 0.1) is 16.3 Å². The monoisotopic (exact) mass is 421 g/mol. The molecule has 2 aromatic carbocycles. The Labute approximate surface area is 182 Å². The fourth-order valence-corrected chi connectivity index (χ4v) is 5.88. The first-order valence-corrected chi connectivity index (χ1v) is 12.1. The molecule has 4 rings (SSSR count). The lowest BCUT2D eigenvalue weighted by Crippen LogP contribution is -2.27. The minimum atomic E-state index is 0.700. The van der Waals surface area contributed by atoms with Crippen molar-refractivity contribution >= 4 is 40.8 Å². The van der Waals surface area contributed by atoms with Gasteiger partial charge in [0, 0.05) is 21.2 Å². The molecular weight excluding hydrogens is 394 g/mol. The van der Waals surface area contributed by atoms with Crippen molar-refractivity contribution in [2.45, 2.75) is 49.3 Å². The van der Waals surface area contributed by atoms with Crippen LogP contribution in [0, 0.1) is 5.92 Å². The molecule has 150 valence electrons. The van der Waals surface area contributed by atoms with Crippen molar-refractivity contribution in [2.75, 3.05) is 11.4 Å². The highest BCUT2D eigenvalue weighted by molar-refractivity contribution is 7.99. The first-order valence-electron chi connectivity index (χ1n) is 10.5. The number of nitrogens with zero attached hydrogens (tertiary/aromatic N) is 1. The summed E-state index contributed by atoms with van der Waals surface area (Å²) in [5, 5.41) is 0. The number of anilines is 2. The third-order valence-corrected chi connectivity index (χ3v) is 7.81. The predicted molar refractivity (Wildman–Crippen MR) is 126 cm³/mol. The molecule has 1 aliphatic rings. The second kappa shape index (κ2) is 9.19. The molecule has 0 aliphatic carbocycles. The van der Waals surface area contributed by atoms with Crippen molar-refractivity contribution in [3.05, 3.63) is 59.5 Å². The molecule has 0 amide bonds. The number of thiophene rings is 1. The van der Waals surface area contributed by atoms with E-state index in [1.54, 1.807) is 11.3 Å². The summed E-state index contributed by atoms with van der Waals surface area (Å²) in [6.07, 6.45) is 5.98. The quantitative estimate of drug-likeness (QED) is 0.343. The van der Waals surface area contributed by atoms with Crippen LogP contribution in [0.3, 0.4) is 0 Å². The van der Waals surface area contributed by atoms with Gasteiger partial charge in [-0.1, -0.05) is 63.1 Å². The van der Waals surface area contributed by atoms with Crippen molar-refractivity contribution in [3.63, 3.8) is 0 Å².